The quantitative estimate of drug-likeness (QED) is 0.432. The van der Waals surface area contributed by atoms with Gasteiger partial charge < -0.3 is 4.42 Å². The van der Waals surface area contributed by atoms with Crippen LogP contribution in [0, 0.1) is 5.82 Å². The summed E-state index contributed by atoms with van der Waals surface area (Å²) in [6.07, 6.45) is 1.55. The zero-order chi connectivity index (χ0) is 13.6. The maximum absolute atomic E-state index is 13.5. The molecule has 0 amide bonds. The largest absolute Gasteiger partial charge is 0.453 e. The van der Waals surface area contributed by atoms with Crippen molar-refractivity contribution in [2.24, 2.45) is 0 Å². The highest BCUT2D eigenvalue weighted by molar-refractivity contribution is 6.39. The first kappa shape index (κ1) is 12.7. The van der Waals surface area contributed by atoms with Gasteiger partial charge in [-0.25, -0.2) is 9.37 Å². The summed E-state index contributed by atoms with van der Waals surface area (Å²) < 4.78 is 19.1. The van der Waals surface area contributed by atoms with Gasteiger partial charge in [-0.1, -0.05) is 34.8 Å². The summed E-state index contributed by atoms with van der Waals surface area (Å²) in [6.45, 7) is 0. The van der Waals surface area contributed by atoms with Gasteiger partial charge in [-0.3, -0.25) is 0 Å². The molecule has 1 aromatic carbocycles. The van der Waals surface area contributed by atoms with Gasteiger partial charge in [0.25, 0.3) is 0 Å². The van der Waals surface area contributed by atoms with Gasteiger partial charge in [-0.05, 0) is 24.3 Å². The molecule has 0 saturated carbocycles. The average Bonchev–Trinajstić information content (AvgIpc) is 2.80. The van der Waals surface area contributed by atoms with E-state index in [9.17, 15) is 4.39 Å². The highest BCUT2D eigenvalue weighted by atomic mass is 35.5. The van der Waals surface area contributed by atoms with Crippen LogP contribution in [0.2, 0.25) is 15.2 Å². The van der Waals surface area contributed by atoms with E-state index >= 15 is 0 Å². The molecule has 0 aliphatic carbocycles. The second-order valence-electron chi connectivity index (χ2n) is 3.85. The predicted octanol–water partition coefficient (Wildman–Crippen LogP) is 5.59. The minimum atomic E-state index is -0.564. The SMILES string of the molecule is Fc1ccc(Cl)c(-c2cc3ccnc(Cl)c3o2)c1Cl. The normalized spacial score (nSPS) is 11.2. The van der Waals surface area contributed by atoms with Crippen molar-refractivity contribution in [3.63, 3.8) is 0 Å². The van der Waals surface area contributed by atoms with Crippen LogP contribution in [0.1, 0.15) is 0 Å². The second-order valence-corrected chi connectivity index (χ2v) is 4.99. The average molecular weight is 317 g/mol. The van der Waals surface area contributed by atoms with E-state index in [4.69, 9.17) is 39.2 Å². The van der Waals surface area contributed by atoms with Gasteiger partial charge >= 0.3 is 0 Å². The first-order chi connectivity index (χ1) is 9.08. The van der Waals surface area contributed by atoms with Crippen molar-refractivity contribution >= 4 is 45.8 Å². The van der Waals surface area contributed by atoms with E-state index in [1.165, 1.54) is 12.1 Å². The maximum Gasteiger partial charge on any atom is 0.172 e. The predicted molar refractivity (Wildman–Crippen MR) is 74.4 cm³/mol. The van der Waals surface area contributed by atoms with Gasteiger partial charge in [0.05, 0.1) is 15.6 Å². The molecule has 0 radical (unpaired) electrons. The number of halogens is 4. The number of nitrogens with zero attached hydrogens (tertiary/aromatic N) is 1. The molecule has 19 heavy (non-hydrogen) atoms. The first-order valence-corrected chi connectivity index (χ1v) is 6.39. The molecule has 0 atom stereocenters. The molecule has 0 spiro atoms. The monoisotopic (exact) mass is 315 g/mol. The minimum Gasteiger partial charge on any atom is -0.453 e. The number of pyridine rings is 1. The Morgan fingerprint density at radius 3 is 2.63 bits per heavy atom. The number of hydrogen-bond donors (Lipinski definition) is 0. The third-order valence-corrected chi connectivity index (χ3v) is 3.63. The molecular weight excluding hydrogens is 312 g/mol. The fraction of sp³-hybridized carbons (Fsp3) is 0. The molecule has 0 aliphatic rings. The zero-order valence-corrected chi connectivity index (χ0v) is 11.5. The van der Waals surface area contributed by atoms with Gasteiger partial charge in [0, 0.05) is 11.6 Å². The Bertz CT molecular complexity index is 785. The maximum atomic E-state index is 13.5. The molecule has 0 fully saturated rings. The Balaban J connectivity index is 2.31. The summed E-state index contributed by atoms with van der Waals surface area (Å²) in [7, 11) is 0. The fourth-order valence-electron chi connectivity index (χ4n) is 1.81. The van der Waals surface area contributed by atoms with Crippen LogP contribution in [0.15, 0.2) is 34.9 Å². The molecule has 6 heteroatoms. The number of fused-ring (bicyclic) bond motifs is 1. The lowest BCUT2D eigenvalue weighted by atomic mass is 10.1. The van der Waals surface area contributed by atoms with Crippen LogP contribution >= 0.6 is 34.8 Å². The number of aromatic nitrogens is 1. The van der Waals surface area contributed by atoms with E-state index in [-0.39, 0.29) is 10.2 Å². The lowest BCUT2D eigenvalue weighted by molar-refractivity contribution is 0.618. The molecule has 2 nitrogen and oxygen atoms in total. The molecule has 0 aliphatic heterocycles. The lowest BCUT2D eigenvalue weighted by Gasteiger charge is -2.04. The van der Waals surface area contributed by atoms with Gasteiger partial charge in [-0.15, -0.1) is 0 Å². The van der Waals surface area contributed by atoms with Crippen LogP contribution in [0.4, 0.5) is 4.39 Å². The molecule has 2 aromatic heterocycles. The van der Waals surface area contributed by atoms with E-state index in [0.717, 1.165) is 5.39 Å². The molecular formula is C13H5Cl3FNO. The third-order valence-electron chi connectivity index (χ3n) is 2.68. The van der Waals surface area contributed by atoms with E-state index in [1.54, 1.807) is 18.3 Å². The van der Waals surface area contributed by atoms with E-state index in [1.807, 2.05) is 0 Å². The molecule has 0 saturated heterocycles. The van der Waals surface area contributed by atoms with E-state index in [2.05, 4.69) is 4.98 Å². The highest BCUT2D eigenvalue weighted by Gasteiger charge is 2.17. The van der Waals surface area contributed by atoms with Crippen LogP contribution in [0.25, 0.3) is 22.3 Å². The summed E-state index contributed by atoms with van der Waals surface area (Å²) in [5, 5.41) is 1.18. The Kier molecular flexibility index (Phi) is 3.13. The molecule has 0 unspecified atom stereocenters. The van der Waals surface area contributed by atoms with Crippen molar-refractivity contribution in [2.45, 2.75) is 0 Å². The van der Waals surface area contributed by atoms with Crippen molar-refractivity contribution in [2.75, 3.05) is 0 Å². The number of furan rings is 1. The molecule has 96 valence electrons. The van der Waals surface area contributed by atoms with Crippen LogP contribution in [0.5, 0.6) is 0 Å². The summed E-state index contributed by atoms with van der Waals surface area (Å²) in [4.78, 5) is 3.91. The fourth-order valence-corrected chi connectivity index (χ4v) is 2.57. The van der Waals surface area contributed by atoms with Crippen molar-refractivity contribution < 1.29 is 8.81 Å². The zero-order valence-electron chi connectivity index (χ0n) is 9.25. The van der Waals surface area contributed by atoms with Crippen LogP contribution in [0.3, 0.4) is 0 Å². The van der Waals surface area contributed by atoms with Gasteiger partial charge in [0.2, 0.25) is 0 Å². The lowest BCUT2D eigenvalue weighted by Crippen LogP contribution is -1.83. The van der Waals surface area contributed by atoms with E-state index < -0.39 is 5.82 Å². The Hall–Kier alpha value is -1.29. The summed E-state index contributed by atoms with van der Waals surface area (Å²) in [6, 6.07) is 6.04. The minimum absolute atomic E-state index is 0.0874. The van der Waals surface area contributed by atoms with Crippen molar-refractivity contribution in [3.05, 3.63) is 51.5 Å². The van der Waals surface area contributed by atoms with Crippen molar-refractivity contribution in [1.82, 2.24) is 4.98 Å². The number of benzene rings is 1. The first-order valence-electron chi connectivity index (χ1n) is 5.26. The Labute approximate surface area is 122 Å². The highest BCUT2D eigenvalue weighted by Crippen LogP contribution is 2.39. The number of hydrogen-bond acceptors (Lipinski definition) is 2. The van der Waals surface area contributed by atoms with E-state index in [0.29, 0.717) is 21.9 Å². The van der Waals surface area contributed by atoms with Crippen molar-refractivity contribution in [1.29, 1.82) is 0 Å². The molecule has 0 bridgehead atoms. The van der Waals surface area contributed by atoms with Gasteiger partial charge in [0.1, 0.15) is 11.6 Å². The second kappa shape index (κ2) is 4.67. The van der Waals surface area contributed by atoms with Gasteiger partial charge in [-0.2, -0.15) is 0 Å². The smallest absolute Gasteiger partial charge is 0.172 e. The van der Waals surface area contributed by atoms with Crippen molar-refractivity contribution in [3.8, 4) is 11.3 Å². The third kappa shape index (κ3) is 2.08. The summed E-state index contributed by atoms with van der Waals surface area (Å²) in [5.74, 6) is -0.217. The molecule has 3 rings (SSSR count). The molecule has 3 aromatic rings. The topological polar surface area (TPSA) is 26.0 Å². The summed E-state index contributed by atoms with van der Waals surface area (Å²) in [5.41, 5.74) is 0.714. The molecule has 2 heterocycles. The molecule has 0 N–H and O–H groups in total. The van der Waals surface area contributed by atoms with Crippen LogP contribution < -0.4 is 0 Å². The summed E-state index contributed by atoms with van der Waals surface area (Å²) >= 11 is 17.9. The Morgan fingerprint density at radius 1 is 1.11 bits per heavy atom. The number of rotatable bonds is 1. The standard InChI is InChI=1S/C13H5Cl3FNO/c14-7-1-2-8(17)11(15)10(7)9-5-6-3-4-18-13(16)12(6)19-9/h1-5H. The van der Waals surface area contributed by atoms with Gasteiger partial charge in [0.15, 0.2) is 10.7 Å². The Morgan fingerprint density at radius 2 is 1.89 bits per heavy atom. The van der Waals surface area contributed by atoms with Crippen LogP contribution in [-0.2, 0) is 0 Å². The van der Waals surface area contributed by atoms with Crippen LogP contribution in [-0.4, -0.2) is 4.98 Å².